The number of benzene rings is 1. The Kier molecular flexibility index (Phi) is 5.28. The lowest BCUT2D eigenvalue weighted by molar-refractivity contribution is -0.123. The van der Waals surface area contributed by atoms with Crippen molar-refractivity contribution in [3.8, 4) is 11.3 Å². The van der Waals surface area contributed by atoms with Gasteiger partial charge in [-0.3, -0.25) is 9.59 Å². The molecule has 1 aliphatic heterocycles. The minimum absolute atomic E-state index is 0.106. The fraction of sp³-hybridized carbons (Fsp3) is 0.391. The van der Waals surface area contributed by atoms with Gasteiger partial charge in [0.25, 0.3) is 5.91 Å². The van der Waals surface area contributed by atoms with E-state index in [1.807, 2.05) is 55.8 Å². The Labute approximate surface area is 175 Å². The van der Waals surface area contributed by atoms with Gasteiger partial charge in [-0.05, 0) is 39.7 Å². The molecule has 1 atom stereocenters. The first-order chi connectivity index (χ1) is 14.3. The van der Waals surface area contributed by atoms with Gasteiger partial charge in [-0.1, -0.05) is 29.8 Å². The van der Waals surface area contributed by atoms with Crippen molar-refractivity contribution in [2.45, 2.75) is 39.7 Å². The third-order valence-corrected chi connectivity index (χ3v) is 5.74. The molecule has 1 aromatic carbocycles. The largest absolute Gasteiger partial charge is 0.369 e. The zero-order chi connectivity index (χ0) is 21.4. The number of pyridine rings is 1. The van der Waals surface area contributed by atoms with Crippen molar-refractivity contribution in [3.05, 3.63) is 47.7 Å². The molecular formula is C23H27N5O2. The molecule has 0 radical (unpaired) electrons. The summed E-state index contributed by atoms with van der Waals surface area (Å²) in [5.74, 6) is -0.750. The fourth-order valence-corrected chi connectivity index (χ4v) is 4.01. The van der Waals surface area contributed by atoms with E-state index in [2.05, 4.69) is 5.10 Å². The van der Waals surface area contributed by atoms with E-state index < -0.39 is 0 Å². The number of likely N-dealkylation sites (tertiary alicyclic amines) is 1. The van der Waals surface area contributed by atoms with Gasteiger partial charge < -0.3 is 10.6 Å². The van der Waals surface area contributed by atoms with E-state index in [-0.39, 0.29) is 23.8 Å². The van der Waals surface area contributed by atoms with Gasteiger partial charge in [0.1, 0.15) is 0 Å². The first kappa shape index (κ1) is 20.1. The van der Waals surface area contributed by atoms with E-state index in [9.17, 15) is 9.59 Å². The van der Waals surface area contributed by atoms with Gasteiger partial charge in [-0.2, -0.15) is 5.10 Å². The zero-order valence-corrected chi connectivity index (χ0v) is 17.6. The van der Waals surface area contributed by atoms with Crippen LogP contribution in [0.2, 0.25) is 0 Å². The van der Waals surface area contributed by atoms with E-state index in [0.29, 0.717) is 24.3 Å². The van der Waals surface area contributed by atoms with E-state index in [0.717, 1.165) is 35.0 Å². The van der Waals surface area contributed by atoms with Gasteiger partial charge in [-0.15, -0.1) is 0 Å². The minimum Gasteiger partial charge on any atom is -0.369 e. The van der Waals surface area contributed by atoms with Crippen molar-refractivity contribution in [1.82, 2.24) is 19.7 Å². The molecule has 0 spiro atoms. The molecular weight excluding hydrogens is 378 g/mol. The average molecular weight is 406 g/mol. The number of rotatable bonds is 4. The number of carbonyl (C=O) groups excluding carboxylic acids is 2. The molecule has 30 heavy (non-hydrogen) atoms. The predicted molar refractivity (Wildman–Crippen MR) is 116 cm³/mol. The molecule has 0 saturated carbocycles. The Morgan fingerprint density at radius 2 is 1.93 bits per heavy atom. The Morgan fingerprint density at radius 3 is 2.60 bits per heavy atom. The highest BCUT2D eigenvalue weighted by molar-refractivity contribution is 6.06. The molecule has 7 heteroatoms. The third kappa shape index (κ3) is 3.67. The van der Waals surface area contributed by atoms with Gasteiger partial charge in [0.05, 0.1) is 28.8 Å². The lowest BCUT2D eigenvalue weighted by Crippen LogP contribution is -2.44. The smallest absolute Gasteiger partial charge is 0.254 e. The van der Waals surface area contributed by atoms with Crippen molar-refractivity contribution < 1.29 is 9.59 Å². The number of fused-ring (bicyclic) bond motifs is 1. The summed E-state index contributed by atoms with van der Waals surface area (Å²) < 4.78 is 1.84. The maximum atomic E-state index is 13.5. The highest BCUT2D eigenvalue weighted by Gasteiger charge is 2.29. The summed E-state index contributed by atoms with van der Waals surface area (Å²) >= 11 is 0. The number of nitrogens with two attached hydrogens (primary N) is 1. The van der Waals surface area contributed by atoms with E-state index in [4.69, 9.17) is 10.7 Å². The van der Waals surface area contributed by atoms with Crippen LogP contribution in [0.4, 0.5) is 0 Å². The van der Waals surface area contributed by atoms with Crippen LogP contribution in [0.5, 0.6) is 0 Å². The fourth-order valence-electron chi connectivity index (χ4n) is 4.01. The molecule has 1 fully saturated rings. The number of amides is 2. The molecule has 1 unspecified atom stereocenters. The van der Waals surface area contributed by atoms with Crippen LogP contribution < -0.4 is 5.73 Å². The molecule has 0 aliphatic carbocycles. The molecule has 1 saturated heterocycles. The molecule has 3 heterocycles. The second-order valence-corrected chi connectivity index (χ2v) is 8.33. The van der Waals surface area contributed by atoms with Crippen LogP contribution in [0.3, 0.4) is 0 Å². The van der Waals surface area contributed by atoms with Gasteiger partial charge in [0, 0.05) is 24.7 Å². The summed E-state index contributed by atoms with van der Waals surface area (Å²) in [6.07, 6.45) is 3.21. The van der Waals surface area contributed by atoms with Crippen LogP contribution in [-0.2, 0) is 4.79 Å². The minimum atomic E-state index is -0.347. The second kappa shape index (κ2) is 7.89. The van der Waals surface area contributed by atoms with Gasteiger partial charge in [0.2, 0.25) is 5.91 Å². The lowest BCUT2D eigenvalue weighted by Gasteiger charge is -2.31. The molecule has 156 valence electrons. The molecule has 2 N–H and O–H groups in total. The molecule has 7 nitrogen and oxygen atoms in total. The number of hydrogen-bond acceptors (Lipinski definition) is 4. The summed E-state index contributed by atoms with van der Waals surface area (Å²) in [7, 11) is 0. The standard InChI is InChI=1S/C23H27N5O2/c1-14(2)28-22-19(12-25-28)18(11-20(26-22)16-8-6-15(3)7-9-16)23(30)27-10-4-5-17(13-27)21(24)29/h6-9,11-12,14,17H,4-5,10,13H2,1-3H3,(H2,24,29). The number of carbonyl (C=O) groups is 2. The highest BCUT2D eigenvalue weighted by atomic mass is 16.2. The van der Waals surface area contributed by atoms with Gasteiger partial charge in [0.15, 0.2) is 5.65 Å². The maximum Gasteiger partial charge on any atom is 0.254 e. The molecule has 2 amide bonds. The van der Waals surface area contributed by atoms with Crippen molar-refractivity contribution in [2.75, 3.05) is 13.1 Å². The van der Waals surface area contributed by atoms with E-state index in [1.165, 1.54) is 0 Å². The average Bonchev–Trinajstić information content (AvgIpc) is 3.17. The van der Waals surface area contributed by atoms with Crippen LogP contribution in [0.25, 0.3) is 22.3 Å². The normalized spacial score (nSPS) is 16.9. The number of nitrogens with zero attached hydrogens (tertiary/aromatic N) is 4. The van der Waals surface area contributed by atoms with E-state index >= 15 is 0 Å². The zero-order valence-electron chi connectivity index (χ0n) is 17.6. The predicted octanol–water partition coefficient (Wildman–Crippen LogP) is 3.33. The Balaban J connectivity index is 1.82. The number of primary amides is 1. The summed E-state index contributed by atoms with van der Waals surface area (Å²) in [6.45, 7) is 7.09. The van der Waals surface area contributed by atoms with Crippen molar-refractivity contribution in [1.29, 1.82) is 0 Å². The van der Waals surface area contributed by atoms with Crippen LogP contribution in [0.1, 0.15) is 48.7 Å². The summed E-state index contributed by atoms with van der Waals surface area (Å²) in [5, 5.41) is 5.21. The Hall–Kier alpha value is -3.22. The van der Waals surface area contributed by atoms with Crippen molar-refractivity contribution in [3.63, 3.8) is 0 Å². The number of hydrogen-bond donors (Lipinski definition) is 1. The van der Waals surface area contributed by atoms with Crippen LogP contribution >= 0.6 is 0 Å². The topological polar surface area (TPSA) is 94.1 Å². The first-order valence-corrected chi connectivity index (χ1v) is 10.4. The summed E-state index contributed by atoms with van der Waals surface area (Å²) in [6, 6.07) is 10.0. The third-order valence-electron chi connectivity index (χ3n) is 5.74. The number of aryl methyl sites for hydroxylation is 1. The van der Waals surface area contributed by atoms with Crippen molar-refractivity contribution >= 4 is 22.8 Å². The quantitative estimate of drug-likeness (QED) is 0.720. The highest BCUT2D eigenvalue weighted by Crippen LogP contribution is 2.28. The second-order valence-electron chi connectivity index (χ2n) is 8.33. The van der Waals surface area contributed by atoms with Gasteiger partial charge >= 0.3 is 0 Å². The first-order valence-electron chi connectivity index (χ1n) is 10.4. The summed E-state index contributed by atoms with van der Waals surface area (Å²) in [5.41, 5.74) is 9.60. The number of aromatic nitrogens is 3. The van der Waals surface area contributed by atoms with Crippen LogP contribution in [0, 0.1) is 12.8 Å². The molecule has 4 rings (SSSR count). The summed E-state index contributed by atoms with van der Waals surface area (Å²) in [4.78, 5) is 31.8. The molecule has 2 aromatic heterocycles. The lowest BCUT2D eigenvalue weighted by atomic mass is 9.96. The molecule has 0 bridgehead atoms. The van der Waals surface area contributed by atoms with E-state index in [1.54, 1.807) is 11.1 Å². The Morgan fingerprint density at radius 1 is 1.20 bits per heavy atom. The van der Waals surface area contributed by atoms with Gasteiger partial charge in [-0.25, -0.2) is 9.67 Å². The van der Waals surface area contributed by atoms with Crippen LogP contribution in [0.15, 0.2) is 36.5 Å². The monoisotopic (exact) mass is 405 g/mol. The molecule has 1 aliphatic rings. The van der Waals surface area contributed by atoms with Crippen LogP contribution in [-0.4, -0.2) is 44.6 Å². The molecule has 3 aromatic rings. The Bertz CT molecular complexity index is 1100. The maximum absolute atomic E-state index is 13.5. The van der Waals surface area contributed by atoms with Crippen molar-refractivity contribution in [2.24, 2.45) is 11.7 Å². The number of piperidine rings is 1. The SMILES string of the molecule is Cc1ccc(-c2cc(C(=O)N3CCCC(C(N)=O)C3)c3cnn(C(C)C)c3n2)cc1.